The van der Waals surface area contributed by atoms with E-state index in [0.717, 1.165) is 49.8 Å². The van der Waals surface area contributed by atoms with Crippen molar-refractivity contribution < 1.29 is 9.90 Å². The van der Waals surface area contributed by atoms with Gasteiger partial charge in [-0.25, -0.2) is 4.79 Å². The first kappa shape index (κ1) is 16.8. The smallest absolute Gasteiger partial charge is 0.315 e. The average Bonchev–Trinajstić information content (AvgIpc) is 2.82. The molecule has 1 heterocycles. The highest BCUT2D eigenvalue weighted by molar-refractivity contribution is 5.74. The number of hydrogen-bond donors (Lipinski definition) is 3. The molecule has 1 aliphatic carbocycles. The summed E-state index contributed by atoms with van der Waals surface area (Å²) in [6, 6.07) is 0.0444. The van der Waals surface area contributed by atoms with Crippen molar-refractivity contribution in [3.8, 4) is 0 Å². The van der Waals surface area contributed by atoms with E-state index in [4.69, 9.17) is 0 Å². The molecule has 6 heteroatoms. The van der Waals surface area contributed by atoms with Crippen LogP contribution in [0.5, 0.6) is 0 Å². The second kappa shape index (κ2) is 7.63. The van der Waals surface area contributed by atoms with Gasteiger partial charge in [0.05, 0.1) is 11.8 Å². The monoisotopic (exact) mass is 308 g/mol. The van der Waals surface area contributed by atoms with Crippen LogP contribution in [0.2, 0.25) is 0 Å². The minimum atomic E-state index is -0.198. The predicted molar refractivity (Wildman–Crippen MR) is 85.6 cm³/mol. The number of hydrogen-bond acceptors (Lipinski definition) is 3. The Morgan fingerprint density at radius 3 is 2.55 bits per heavy atom. The number of nitrogens with one attached hydrogen (secondary N) is 2. The van der Waals surface area contributed by atoms with Crippen LogP contribution in [0.25, 0.3) is 0 Å². The summed E-state index contributed by atoms with van der Waals surface area (Å²) in [6.07, 6.45) is 4.82. The molecule has 0 radical (unpaired) electrons. The summed E-state index contributed by atoms with van der Waals surface area (Å²) in [7, 11) is 1.95. The molecule has 0 spiro atoms. The number of aromatic nitrogens is 2. The molecule has 2 rings (SSSR count). The van der Waals surface area contributed by atoms with Crippen LogP contribution in [0.1, 0.15) is 56.5 Å². The lowest BCUT2D eigenvalue weighted by molar-refractivity contribution is 0.117. The van der Waals surface area contributed by atoms with Crippen LogP contribution in [0.15, 0.2) is 0 Å². The van der Waals surface area contributed by atoms with Crippen molar-refractivity contribution in [1.82, 2.24) is 20.4 Å². The molecule has 1 aromatic heterocycles. The van der Waals surface area contributed by atoms with Crippen molar-refractivity contribution >= 4 is 6.03 Å². The molecule has 1 aliphatic rings. The zero-order valence-electron chi connectivity index (χ0n) is 13.9. The molecule has 1 saturated carbocycles. The Morgan fingerprint density at radius 1 is 1.27 bits per heavy atom. The van der Waals surface area contributed by atoms with Gasteiger partial charge in [0.15, 0.2) is 0 Å². The predicted octanol–water partition coefficient (Wildman–Crippen LogP) is 1.65. The molecular formula is C16H28N4O2. The minimum absolute atomic E-state index is 0.130. The second-order valence-electron chi connectivity index (χ2n) is 6.04. The first-order chi connectivity index (χ1) is 10.5. The van der Waals surface area contributed by atoms with E-state index in [-0.39, 0.29) is 18.2 Å². The number of carbonyl (C=O) groups is 1. The molecule has 124 valence electrons. The maximum Gasteiger partial charge on any atom is 0.315 e. The lowest BCUT2D eigenvalue weighted by Gasteiger charge is -2.26. The third kappa shape index (κ3) is 4.00. The second-order valence-corrected chi connectivity index (χ2v) is 6.04. The summed E-state index contributed by atoms with van der Waals surface area (Å²) in [5.74, 6) is 0. The zero-order valence-corrected chi connectivity index (χ0v) is 13.9. The van der Waals surface area contributed by atoms with E-state index in [1.807, 2.05) is 11.7 Å². The van der Waals surface area contributed by atoms with E-state index < -0.39 is 0 Å². The Balaban J connectivity index is 1.88. The number of aliphatic hydroxyl groups excluding tert-OH is 1. The van der Waals surface area contributed by atoms with E-state index in [0.29, 0.717) is 6.54 Å². The molecular weight excluding hydrogens is 280 g/mol. The number of urea groups is 1. The van der Waals surface area contributed by atoms with Gasteiger partial charge < -0.3 is 15.7 Å². The summed E-state index contributed by atoms with van der Waals surface area (Å²) < 4.78 is 1.91. The Morgan fingerprint density at radius 2 is 1.95 bits per heavy atom. The first-order valence-electron chi connectivity index (χ1n) is 8.31. The van der Waals surface area contributed by atoms with Gasteiger partial charge in [-0.1, -0.05) is 13.8 Å². The van der Waals surface area contributed by atoms with E-state index in [9.17, 15) is 9.90 Å². The fourth-order valence-corrected chi connectivity index (χ4v) is 3.22. The van der Waals surface area contributed by atoms with Crippen LogP contribution in [0.3, 0.4) is 0 Å². The van der Waals surface area contributed by atoms with Gasteiger partial charge in [0, 0.05) is 30.9 Å². The lowest BCUT2D eigenvalue weighted by Crippen LogP contribution is -2.44. The maximum absolute atomic E-state index is 12.1. The molecule has 6 nitrogen and oxygen atoms in total. The number of nitrogens with zero attached hydrogens (tertiary/aromatic N) is 2. The van der Waals surface area contributed by atoms with Crippen molar-refractivity contribution in [3.05, 3.63) is 17.0 Å². The minimum Gasteiger partial charge on any atom is -0.393 e. The number of carbonyl (C=O) groups excluding carboxylic acids is 1. The third-order valence-electron chi connectivity index (χ3n) is 4.49. The van der Waals surface area contributed by atoms with Crippen molar-refractivity contribution in [2.24, 2.45) is 7.05 Å². The van der Waals surface area contributed by atoms with Gasteiger partial charge in [0.1, 0.15) is 0 Å². The summed E-state index contributed by atoms with van der Waals surface area (Å²) >= 11 is 0. The fraction of sp³-hybridized carbons (Fsp3) is 0.750. The summed E-state index contributed by atoms with van der Waals surface area (Å²) in [6.45, 7) is 4.70. The van der Waals surface area contributed by atoms with E-state index >= 15 is 0 Å². The molecule has 0 aliphatic heterocycles. The Labute approximate surface area is 132 Å². The molecule has 1 fully saturated rings. The highest BCUT2D eigenvalue weighted by Crippen LogP contribution is 2.18. The third-order valence-corrected chi connectivity index (χ3v) is 4.49. The van der Waals surface area contributed by atoms with Crippen molar-refractivity contribution in [1.29, 1.82) is 0 Å². The number of aliphatic hydroxyl groups is 1. The molecule has 2 amide bonds. The molecule has 3 N–H and O–H groups in total. The van der Waals surface area contributed by atoms with Crippen molar-refractivity contribution in [2.75, 3.05) is 0 Å². The van der Waals surface area contributed by atoms with E-state index in [1.165, 1.54) is 5.69 Å². The molecule has 22 heavy (non-hydrogen) atoms. The van der Waals surface area contributed by atoms with Crippen LogP contribution in [0.4, 0.5) is 4.79 Å². The maximum atomic E-state index is 12.1. The summed E-state index contributed by atoms with van der Waals surface area (Å²) in [5, 5.41) is 20.0. The van der Waals surface area contributed by atoms with Crippen molar-refractivity contribution in [3.63, 3.8) is 0 Å². The Kier molecular flexibility index (Phi) is 5.83. The Bertz CT molecular complexity index is 504. The van der Waals surface area contributed by atoms with Gasteiger partial charge in [-0.05, 0) is 38.5 Å². The standard InChI is InChI=1S/C16H28N4O2/c1-4-14-13(15(5-2)20(3)19-14)10-17-16(22)18-11-6-8-12(21)9-7-11/h11-12,21H,4-10H2,1-3H3,(H2,17,18,22). The van der Waals surface area contributed by atoms with Crippen LogP contribution < -0.4 is 10.6 Å². The number of amides is 2. The van der Waals surface area contributed by atoms with Crippen LogP contribution in [-0.4, -0.2) is 33.1 Å². The number of rotatable bonds is 5. The highest BCUT2D eigenvalue weighted by atomic mass is 16.3. The molecule has 0 aromatic carbocycles. The topological polar surface area (TPSA) is 79.2 Å². The van der Waals surface area contributed by atoms with Gasteiger partial charge in [-0.3, -0.25) is 4.68 Å². The molecule has 0 atom stereocenters. The fourth-order valence-electron chi connectivity index (χ4n) is 3.22. The normalized spacial score (nSPS) is 21.6. The largest absolute Gasteiger partial charge is 0.393 e. The van der Waals surface area contributed by atoms with Crippen molar-refractivity contribution in [2.45, 2.75) is 71.1 Å². The SMILES string of the molecule is CCc1nn(C)c(CC)c1CNC(=O)NC1CCC(O)CC1. The van der Waals surface area contributed by atoms with Crippen LogP contribution >= 0.6 is 0 Å². The summed E-state index contributed by atoms with van der Waals surface area (Å²) in [4.78, 5) is 12.1. The highest BCUT2D eigenvalue weighted by Gasteiger charge is 2.21. The van der Waals surface area contributed by atoms with E-state index in [1.54, 1.807) is 0 Å². The van der Waals surface area contributed by atoms with Gasteiger partial charge in [-0.15, -0.1) is 0 Å². The van der Waals surface area contributed by atoms with E-state index in [2.05, 4.69) is 29.6 Å². The zero-order chi connectivity index (χ0) is 16.1. The van der Waals surface area contributed by atoms with Crippen LogP contribution in [0, 0.1) is 0 Å². The van der Waals surface area contributed by atoms with Gasteiger partial charge in [0.2, 0.25) is 0 Å². The lowest BCUT2D eigenvalue weighted by atomic mass is 9.93. The molecule has 1 aromatic rings. The average molecular weight is 308 g/mol. The first-order valence-corrected chi connectivity index (χ1v) is 8.31. The summed E-state index contributed by atoms with van der Waals surface area (Å²) in [5.41, 5.74) is 3.38. The molecule has 0 unspecified atom stereocenters. The van der Waals surface area contributed by atoms with Gasteiger partial charge in [-0.2, -0.15) is 5.10 Å². The number of aryl methyl sites for hydroxylation is 2. The van der Waals surface area contributed by atoms with Gasteiger partial charge in [0.25, 0.3) is 0 Å². The van der Waals surface area contributed by atoms with Crippen LogP contribution in [-0.2, 0) is 26.4 Å². The Hall–Kier alpha value is -1.56. The molecule has 0 bridgehead atoms. The molecule has 0 saturated heterocycles. The van der Waals surface area contributed by atoms with Gasteiger partial charge >= 0.3 is 6.03 Å². The quantitative estimate of drug-likeness (QED) is 0.774.